The standard InChI is InChI=1S/C4H6O4.2C4H6O2/c5-3(6)1-2-4(7)8;2*1-3(2)4(5)6/h1-2H2,(H,5,6)(H,7,8);2*1H2,2H3,(H,5,6). The van der Waals surface area contributed by atoms with Crippen LogP contribution in [0.4, 0.5) is 0 Å². The Kier molecular flexibility index (Phi) is 14.4. The first kappa shape index (κ1) is 22.5. The number of carboxylic acids is 4. The van der Waals surface area contributed by atoms with Gasteiger partial charge < -0.3 is 20.4 Å². The van der Waals surface area contributed by atoms with Crippen molar-refractivity contribution in [2.75, 3.05) is 0 Å². The summed E-state index contributed by atoms with van der Waals surface area (Å²) in [5.41, 5.74) is 0.352. The van der Waals surface area contributed by atoms with Crippen LogP contribution in [0.15, 0.2) is 24.3 Å². The van der Waals surface area contributed by atoms with Crippen molar-refractivity contribution in [1.29, 1.82) is 0 Å². The largest absolute Gasteiger partial charge is 0.481 e. The molecule has 0 amide bonds. The Balaban J connectivity index is -0.000000221. The summed E-state index contributed by atoms with van der Waals surface area (Å²) < 4.78 is 0. The lowest BCUT2D eigenvalue weighted by molar-refractivity contribution is -0.143. The predicted molar refractivity (Wildman–Crippen MR) is 69.4 cm³/mol. The van der Waals surface area contributed by atoms with Crippen LogP contribution in [0.2, 0.25) is 0 Å². The Hall–Kier alpha value is -2.64. The highest BCUT2D eigenvalue weighted by Gasteiger charge is 2.00. The minimum absolute atomic E-state index is 0.176. The normalized spacial score (nSPS) is 7.90. The van der Waals surface area contributed by atoms with E-state index in [2.05, 4.69) is 13.2 Å². The van der Waals surface area contributed by atoms with Crippen molar-refractivity contribution < 1.29 is 39.6 Å². The lowest BCUT2D eigenvalue weighted by Gasteiger charge is -1.85. The summed E-state index contributed by atoms with van der Waals surface area (Å²) in [4.78, 5) is 38.5. The van der Waals surface area contributed by atoms with E-state index in [9.17, 15) is 19.2 Å². The third-order valence-corrected chi connectivity index (χ3v) is 1.28. The lowest BCUT2D eigenvalue weighted by atomic mass is 10.3. The third-order valence-electron chi connectivity index (χ3n) is 1.28. The monoisotopic (exact) mass is 290 g/mol. The molecule has 0 heterocycles. The lowest BCUT2D eigenvalue weighted by Crippen LogP contribution is -2.00. The van der Waals surface area contributed by atoms with Crippen molar-refractivity contribution in [3.05, 3.63) is 24.3 Å². The van der Waals surface area contributed by atoms with Gasteiger partial charge in [0.1, 0.15) is 0 Å². The zero-order chi connectivity index (χ0) is 16.9. The van der Waals surface area contributed by atoms with Crippen LogP contribution in [0, 0.1) is 0 Å². The molecule has 0 aliphatic heterocycles. The van der Waals surface area contributed by atoms with Gasteiger partial charge in [-0.15, -0.1) is 0 Å². The molecule has 0 bridgehead atoms. The summed E-state index contributed by atoms with van der Waals surface area (Å²) >= 11 is 0. The van der Waals surface area contributed by atoms with Crippen LogP contribution in [0.5, 0.6) is 0 Å². The van der Waals surface area contributed by atoms with Crippen LogP contribution in [0.25, 0.3) is 0 Å². The first-order valence-electron chi connectivity index (χ1n) is 5.13. The second-order valence-electron chi connectivity index (χ2n) is 3.46. The molecule has 0 saturated heterocycles. The van der Waals surface area contributed by atoms with Gasteiger partial charge in [0, 0.05) is 11.1 Å². The minimum atomic E-state index is -1.08. The van der Waals surface area contributed by atoms with Crippen LogP contribution in [0.1, 0.15) is 26.7 Å². The average molecular weight is 290 g/mol. The van der Waals surface area contributed by atoms with Crippen LogP contribution in [-0.4, -0.2) is 44.3 Å². The number of hydrogen-bond donors (Lipinski definition) is 4. The van der Waals surface area contributed by atoms with Crippen molar-refractivity contribution in [3.8, 4) is 0 Å². The fourth-order valence-electron chi connectivity index (χ4n) is 0.214. The maximum absolute atomic E-state index is 9.64. The Morgan fingerprint density at radius 1 is 0.700 bits per heavy atom. The van der Waals surface area contributed by atoms with Crippen LogP contribution in [-0.2, 0) is 19.2 Å². The van der Waals surface area contributed by atoms with Gasteiger partial charge in [-0.2, -0.15) is 0 Å². The van der Waals surface area contributed by atoms with Crippen molar-refractivity contribution in [2.24, 2.45) is 0 Å². The molecule has 0 saturated carbocycles. The molecule has 20 heavy (non-hydrogen) atoms. The van der Waals surface area contributed by atoms with E-state index in [1.807, 2.05) is 0 Å². The molecule has 114 valence electrons. The molecular weight excluding hydrogens is 272 g/mol. The summed E-state index contributed by atoms with van der Waals surface area (Å²) in [6, 6.07) is 0. The SMILES string of the molecule is C=C(C)C(=O)O.C=C(C)C(=O)O.O=C(O)CCC(=O)O. The molecule has 8 nitrogen and oxygen atoms in total. The summed E-state index contributed by atoms with van der Waals surface area (Å²) in [7, 11) is 0. The molecule has 8 heteroatoms. The van der Waals surface area contributed by atoms with Crippen molar-refractivity contribution in [2.45, 2.75) is 26.7 Å². The Bertz CT molecular complexity index is 332. The van der Waals surface area contributed by atoms with Gasteiger partial charge in [0.2, 0.25) is 0 Å². The number of carboxylic acid groups (broad SMARTS) is 4. The Morgan fingerprint density at radius 3 is 0.900 bits per heavy atom. The molecule has 0 unspecified atom stereocenters. The molecule has 0 aliphatic rings. The first-order valence-corrected chi connectivity index (χ1v) is 5.13. The van der Waals surface area contributed by atoms with Gasteiger partial charge in [-0.25, -0.2) is 9.59 Å². The van der Waals surface area contributed by atoms with E-state index < -0.39 is 23.9 Å². The summed E-state index contributed by atoms with van der Waals surface area (Å²) in [5.74, 6) is -4.02. The molecule has 0 aromatic carbocycles. The van der Waals surface area contributed by atoms with Crippen LogP contribution in [0.3, 0.4) is 0 Å². The fraction of sp³-hybridized carbons (Fsp3) is 0.333. The van der Waals surface area contributed by atoms with Crippen LogP contribution < -0.4 is 0 Å². The number of aliphatic carboxylic acids is 4. The molecule has 0 radical (unpaired) electrons. The quantitative estimate of drug-likeness (QED) is 0.552. The van der Waals surface area contributed by atoms with E-state index in [1.165, 1.54) is 13.8 Å². The zero-order valence-electron chi connectivity index (χ0n) is 11.3. The number of carbonyl (C=O) groups is 4. The van der Waals surface area contributed by atoms with Gasteiger partial charge in [-0.3, -0.25) is 9.59 Å². The highest BCUT2D eigenvalue weighted by molar-refractivity contribution is 5.85. The van der Waals surface area contributed by atoms with E-state index in [0.717, 1.165) is 0 Å². The summed E-state index contributed by atoms with van der Waals surface area (Å²) in [6.07, 6.45) is -0.593. The van der Waals surface area contributed by atoms with Gasteiger partial charge in [0.05, 0.1) is 12.8 Å². The van der Waals surface area contributed by atoms with Gasteiger partial charge in [0.15, 0.2) is 0 Å². The van der Waals surface area contributed by atoms with E-state index >= 15 is 0 Å². The van der Waals surface area contributed by atoms with Crippen molar-refractivity contribution in [1.82, 2.24) is 0 Å². The highest BCUT2D eigenvalue weighted by atomic mass is 16.4. The number of hydrogen-bond acceptors (Lipinski definition) is 4. The molecule has 0 aromatic heterocycles. The molecule has 0 spiro atoms. The minimum Gasteiger partial charge on any atom is -0.481 e. The van der Waals surface area contributed by atoms with E-state index in [1.54, 1.807) is 0 Å². The molecule has 0 aromatic rings. The Morgan fingerprint density at radius 2 is 0.850 bits per heavy atom. The summed E-state index contributed by atoms with van der Waals surface area (Å²) in [6.45, 7) is 9.20. The predicted octanol–water partition coefficient (Wildman–Crippen LogP) is 1.23. The fourth-order valence-corrected chi connectivity index (χ4v) is 0.214. The van der Waals surface area contributed by atoms with Crippen LogP contribution >= 0.6 is 0 Å². The van der Waals surface area contributed by atoms with E-state index in [0.29, 0.717) is 0 Å². The zero-order valence-corrected chi connectivity index (χ0v) is 11.3. The molecule has 0 fully saturated rings. The van der Waals surface area contributed by atoms with Gasteiger partial charge >= 0.3 is 23.9 Å². The second-order valence-corrected chi connectivity index (χ2v) is 3.46. The molecule has 4 N–H and O–H groups in total. The van der Waals surface area contributed by atoms with Crippen molar-refractivity contribution in [3.63, 3.8) is 0 Å². The molecule has 0 atom stereocenters. The maximum Gasteiger partial charge on any atom is 0.330 e. The average Bonchev–Trinajstić information content (AvgIpc) is 2.27. The summed E-state index contributed by atoms with van der Waals surface area (Å²) in [5, 5.41) is 31.6. The number of rotatable bonds is 5. The van der Waals surface area contributed by atoms with E-state index in [4.69, 9.17) is 20.4 Å². The molecule has 0 aliphatic carbocycles. The van der Waals surface area contributed by atoms with Crippen molar-refractivity contribution >= 4 is 23.9 Å². The van der Waals surface area contributed by atoms with Gasteiger partial charge in [0.25, 0.3) is 0 Å². The highest BCUT2D eigenvalue weighted by Crippen LogP contribution is 1.86. The second kappa shape index (κ2) is 12.8. The molecular formula is C12H18O8. The topological polar surface area (TPSA) is 149 Å². The maximum atomic E-state index is 9.64. The van der Waals surface area contributed by atoms with Gasteiger partial charge in [-0.1, -0.05) is 13.2 Å². The molecule has 0 rings (SSSR count). The third kappa shape index (κ3) is 29.5. The van der Waals surface area contributed by atoms with E-state index in [-0.39, 0.29) is 24.0 Å². The Labute approximate surface area is 115 Å². The smallest absolute Gasteiger partial charge is 0.330 e. The van der Waals surface area contributed by atoms with Gasteiger partial charge in [-0.05, 0) is 13.8 Å². The first-order chi connectivity index (χ1) is 8.91.